The summed E-state index contributed by atoms with van der Waals surface area (Å²) >= 11 is 11.8. The maximum absolute atomic E-state index is 12.4. The van der Waals surface area contributed by atoms with E-state index < -0.39 is 0 Å². The second-order valence-electron chi connectivity index (χ2n) is 5.68. The molecule has 0 saturated heterocycles. The van der Waals surface area contributed by atoms with Crippen LogP contribution in [-0.4, -0.2) is 21.0 Å². The summed E-state index contributed by atoms with van der Waals surface area (Å²) in [7, 11) is 0. The summed E-state index contributed by atoms with van der Waals surface area (Å²) in [5.41, 5.74) is 2.27. The zero-order valence-electron chi connectivity index (χ0n) is 13.6. The van der Waals surface area contributed by atoms with Crippen molar-refractivity contribution in [1.29, 1.82) is 0 Å². The number of hydrogen-bond acceptors (Lipinski definition) is 5. The molecule has 6 nitrogen and oxygen atoms in total. The van der Waals surface area contributed by atoms with Crippen LogP contribution in [0.15, 0.2) is 59.3 Å². The zero-order chi connectivity index (χ0) is 19.0. The van der Waals surface area contributed by atoms with Gasteiger partial charge in [-0.1, -0.05) is 23.2 Å². The topological polar surface area (TPSA) is 88.2 Å². The molecule has 0 aliphatic heterocycles. The van der Waals surface area contributed by atoms with E-state index in [0.29, 0.717) is 32.9 Å². The van der Waals surface area contributed by atoms with Gasteiger partial charge in [0.15, 0.2) is 5.58 Å². The lowest BCUT2D eigenvalue weighted by atomic mass is 10.1. The Labute approximate surface area is 163 Å². The van der Waals surface area contributed by atoms with Gasteiger partial charge in [-0.15, -0.1) is 0 Å². The lowest BCUT2D eigenvalue weighted by Gasteiger charge is -2.08. The molecular formula is C19H11Cl2N3O3. The average Bonchev–Trinajstić information content (AvgIpc) is 3.09. The molecule has 0 radical (unpaired) electrons. The van der Waals surface area contributed by atoms with E-state index in [1.807, 2.05) is 0 Å². The predicted octanol–water partition coefficient (Wildman–Crippen LogP) is 5.15. The zero-order valence-corrected chi connectivity index (χ0v) is 15.1. The first-order valence-electron chi connectivity index (χ1n) is 7.81. The van der Waals surface area contributed by atoms with Crippen molar-refractivity contribution >= 4 is 45.9 Å². The second-order valence-corrected chi connectivity index (χ2v) is 6.49. The second kappa shape index (κ2) is 6.90. The van der Waals surface area contributed by atoms with Gasteiger partial charge in [-0.05, 0) is 36.4 Å². The smallest absolute Gasteiger partial charge is 0.255 e. The first kappa shape index (κ1) is 17.3. The number of nitrogens with one attached hydrogen (secondary N) is 1. The largest absolute Gasteiger partial charge is 0.507 e. The van der Waals surface area contributed by atoms with Crippen LogP contribution in [0.2, 0.25) is 10.0 Å². The van der Waals surface area contributed by atoms with Crippen LogP contribution in [0.5, 0.6) is 5.75 Å². The van der Waals surface area contributed by atoms with Crippen molar-refractivity contribution in [3.05, 3.63) is 70.5 Å². The molecule has 0 aliphatic carbocycles. The van der Waals surface area contributed by atoms with Gasteiger partial charge in [0, 0.05) is 23.5 Å². The van der Waals surface area contributed by atoms with E-state index in [-0.39, 0.29) is 22.6 Å². The Morgan fingerprint density at radius 3 is 2.70 bits per heavy atom. The number of oxazole rings is 1. The Morgan fingerprint density at radius 2 is 1.93 bits per heavy atom. The molecule has 0 spiro atoms. The molecule has 0 fully saturated rings. The van der Waals surface area contributed by atoms with E-state index in [2.05, 4.69) is 15.3 Å². The Morgan fingerprint density at radius 1 is 1.07 bits per heavy atom. The monoisotopic (exact) mass is 399 g/mol. The summed E-state index contributed by atoms with van der Waals surface area (Å²) in [5.74, 6) is -0.171. The number of fused-ring (bicyclic) bond motifs is 1. The number of phenolic OH excluding ortho intramolecular Hbond substituents is 1. The minimum Gasteiger partial charge on any atom is -0.507 e. The summed E-state index contributed by atoms with van der Waals surface area (Å²) in [4.78, 5) is 20.7. The van der Waals surface area contributed by atoms with Crippen LogP contribution in [0.3, 0.4) is 0 Å². The molecule has 2 N–H and O–H groups in total. The third-order valence-electron chi connectivity index (χ3n) is 3.86. The fraction of sp³-hybridized carbons (Fsp3) is 0. The van der Waals surface area contributed by atoms with Gasteiger partial charge in [0.1, 0.15) is 11.3 Å². The van der Waals surface area contributed by atoms with Gasteiger partial charge in [0.2, 0.25) is 5.89 Å². The highest BCUT2D eigenvalue weighted by atomic mass is 35.5. The molecule has 2 aromatic heterocycles. The lowest BCUT2D eigenvalue weighted by Crippen LogP contribution is -2.11. The standard InChI is InChI=1S/C19H11Cl2N3O3/c20-13-3-1-10(7-14(13)21)18(26)23-11-2-4-16(25)12(8-11)19-24-15-9-22-6-5-17(15)27-19/h1-9,25H,(H,23,26). The average molecular weight is 400 g/mol. The molecule has 0 saturated carbocycles. The number of amides is 1. The third-order valence-corrected chi connectivity index (χ3v) is 4.60. The number of carbonyl (C=O) groups is 1. The number of aromatic hydroxyl groups is 1. The van der Waals surface area contributed by atoms with Crippen molar-refractivity contribution in [2.45, 2.75) is 0 Å². The number of pyridine rings is 1. The number of nitrogens with zero attached hydrogens (tertiary/aromatic N) is 2. The third kappa shape index (κ3) is 3.45. The van der Waals surface area contributed by atoms with Crippen molar-refractivity contribution in [2.24, 2.45) is 0 Å². The molecule has 0 bridgehead atoms. The van der Waals surface area contributed by atoms with Crippen LogP contribution in [0.1, 0.15) is 10.4 Å². The van der Waals surface area contributed by atoms with Gasteiger partial charge in [-0.3, -0.25) is 9.78 Å². The molecular weight excluding hydrogens is 389 g/mol. The van der Waals surface area contributed by atoms with E-state index in [1.54, 1.807) is 42.7 Å². The molecule has 4 rings (SSSR count). The van der Waals surface area contributed by atoms with Gasteiger partial charge < -0.3 is 14.8 Å². The molecule has 27 heavy (non-hydrogen) atoms. The van der Waals surface area contributed by atoms with Gasteiger partial charge in [-0.25, -0.2) is 4.98 Å². The van der Waals surface area contributed by atoms with E-state index >= 15 is 0 Å². The lowest BCUT2D eigenvalue weighted by molar-refractivity contribution is 0.102. The van der Waals surface area contributed by atoms with E-state index in [4.69, 9.17) is 27.6 Å². The number of halogens is 2. The van der Waals surface area contributed by atoms with Crippen LogP contribution in [0, 0.1) is 0 Å². The molecule has 134 valence electrons. The van der Waals surface area contributed by atoms with Crippen molar-refractivity contribution < 1.29 is 14.3 Å². The summed E-state index contributed by atoms with van der Waals surface area (Å²) < 4.78 is 5.65. The van der Waals surface area contributed by atoms with Crippen LogP contribution in [-0.2, 0) is 0 Å². The first-order chi connectivity index (χ1) is 13.0. The molecule has 0 atom stereocenters. The van der Waals surface area contributed by atoms with Crippen LogP contribution < -0.4 is 5.32 Å². The fourth-order valence-electron chi connectivity index (χ4n) is 2.52. The molecule has 2 heterocycles. The van der Waals surface area contributed by atoms with Crippen molar-refractivity contribution in [3.8, 4) is 17.2 Å². The summed E-state index contributed by atoms with van der Waals surface area (Å²) in [5, 5.41) is 13.6. The Balaban J connectivity index is 1.65. The Bertz CT molecular complexity index is 1140. The van der Waals surface area contributed by atoms with Gasteiger partial charge >= 0.3 is 0 Å². The molecule has 1 amide bonds. The maximum atomic E-state index is 12.4. The number of phenols is 1. The Kier molecular flexibility index (Phi) is 4.43. The molecule has 8 heteroatoms. The molecule has 2 aromatic carbocycles. The number of hydrogen-bond donors (Lipinski definition) is 2. The minimum absolute atomic E-state index is 0.0259. The number of benzene rings is 2. The molecule has 0 aliphatic rings. The maximum Gasteiger partial charge on any atom is 0.255 e. The van der Waals surface area contributed by atoms with E-state index in [1.165, 1.54) is 12.1 Å². The first-order valence-corrected chi connectivity index (χ1v) is 8.57. The fourth-order valence-corrected chi connectivity index (χ4v) is 2.82. The number of carbonyl (C=O) groups excluding carboxylic acids is 1. The Hall–Kier alpha value is -3.09. The van der Waals surface area contributed by atoms with Crippen LogP contribution in [0.25, 0.3) is 22.6 Å². The van der Waals surface area contributed by atoms with Crippen molar-refractivity contribution in [2.75, 3.05) is 5.32 Å². The number of anilines is 1. The SMILES string of the molecule is O=C(Nc1ccc(O)c(-c2nc3cnccc3o2)c1)c1ccc(Cl)c(Cl)c1. The van der Waals surface area contributed by atoms with Gasteiger partial charge in [0.25, 0.3) is 5.91 Å². The highest BCUT2D eigenvalue weighted by molar-refractivity contribution is 6.42. The summed E-state index contributed by atoms with van der Waals surface area (Å²) in [6, 6.07) is 10.9. The van der Waals surface area contributed by atoms with Crippen molar-refractivity contribution in [3.63, 3.8) is 0 Å². The van der Waals surface area contributed by atoms with E-state index in [9.17, 15) is 9.90 Å². The molecule has 0 unspecified atom stereocenters. The highest BCUT2D eigenvalue weighted by Crippen LogP contribution is 2.33. The summed E-state index contributed by atoms with van der Waals surface area (Å²) in [6.45, 7) is 0. The van der Waals surface area contributed by atoms with Gasteiger partial charge in [0.05, 0.1) is 21.8 Å². The quantitative estimate of drug-likeness (QED) is 0.464. The summed E-state index contributed by atoms with van der Waals surface area (Å²) in [6.07, 6.45) is 3.15. The highest BCUT2D eigenvalue weighted by Gasteiger charge is 2.15. The van der Waals surface area contributed by atoms with Crippen molar-refractivity contribution in [1.82, 2.24) is 9.97 Å². The van der Waals surface area contributed by atoms with Crippen LogP contribution >= 0.6 is 23.2 Å². The molecule has 4 aromatic rings. The van der Waals surface area contributed by atoms with E-state index in [0.717, 1.165) is 0 Å². The normalized spacial score (nSPS) is 10.9. The van der Waals surface area contributed by atoms with Gasteiger partial charge in [-0.2, -0.15) is 0 Å². The predicted molar refractivity (Wildman–Crippen MR) is 103 cm³/mol. The number of rotatable bonds is 3. The van der Waals surface area contributed by atoms with Crippen LogP contribution in [0.4, 0.5) is 5.69 Å². The minimum atomic E-state index is -0.369. The number of aromatic nitrogens is 2.